The molecule has 1 heterocycles. The monoisotopic (exact) mass is 458 g/mol. The molecule has 0 saturated carbocycles. The third-order valence-corrected chi connectivity index (χ3v) is 3.50. The lowest BCUT2D eigenvalue weighted by molar-refractivity contribution is 0.414. The van der Waals surface area contributed by atoms with Crippen LogP contribution in [-0.2, 0) is 13.1 Å². The number of methoxy groups -OCH3 is 1. The lowest BCUT2D eigenvalue weighted by Gasteiger charge is -2.11. The maximum absolute atomic E-state index is 5.24. The highest BCUT2D eigenvalue weighted by Crippen LogP contribution is 2.13. The molecule has 0 aliphatic heterocycles. The first-order valence-corrected chi connectivity index (χ1v) is 8.29. The van der Waals surface area contributed by atoms with E-state index in [2.05, 4.69) is 38.8 Å². The lowest BCUT2D eigenvalue weighted by Crippen LogP contribution is -2.37. The fourth-order valence-corrected chi connectivity index (χ4v) is 2.25. The molecular weight excluding hydrogens is 431 g/mol. The summed E-state index contributed by atoms with van der Waals surface area (Å²) in [6, 6.07) is 7.97. The zero-order chi connectivity index (χ0) is 17.0. The minimum absolute atomic E-state index is 0. The second-order valence-electron chi connectivity index (χ2n) is 5.38. The van der Waals surface area contributed by atoms with E-state index in [9.17, 15) is 0 Å². The normalized spacial score (nSPS) is 10.9. The van der Waals surface area contributed by atoms with Gasteiger partial charge in [0.1, 0.15) is 18.4 Å². The zero-order valence-electron chi connectivity index (χ0n) is 14.8. The molecular formula is C17H27IN6O. The van der Waals surface area contributed by atoms with E-state index in [1.807, 2.05) is 22.8 Å². The van der Waals surface area contributed by atoms with E-state index < -0.39 is 0 Å². The van der Waals surface area contributed by atoms with E-state index in [0.29, 0.717) is 6.54 Å². The van der Waals surface area contributed by atoms with E-state index in [4.69, 9.17) is 4.74 Å². The molecule has 1 aromatic heterocycles. The number of aliphatic imine (C=N–C) groups is 1. The van der Waals surface area contributed by atoms with Crippen molar-refractivity contribution in [3.63, 3.8) is 0 Å². The van der Waals surface area contributed by atoms with Crippen molar-refractivity contribution in [2.75, 3.05) is 20.2 Å². The molecule has 2 N–H and O–H groups in total. The number of nitrogens with zero attached hydrogens (tertiary/aromatic N) is 4. The zero-order valence-corrected chi connectivity index (χ0v) is 17.1. The van der Waals surface area contributed by atoms with E-state index in [-0.39, 0.29) is 24.0 Å². The third kappa shape index (κ3) is 8.19. The van der Waals surface area contributed by atoms with Crippen LogP contribution in [0.2, 0.25) is 0 Å². The Morgan fingerprint density at radius 3 is 2.72 bits per heavy atom. The molecule has 0 spiro atoms. The van der Waals surface area contributed by atoms with Gasteiger partial charge >= 0.3 is 0 Å². The summed E-state index contributed by atoms with van der Waals surface area (Å²) in [5.74, 6) is 1.69. The van der Waals surface area contributed by atoms with Gasteiger partial charge in [-0.15, -0.1) is 34.2 Å². The fraction of sp³-hybridized carbons (Fsp3) is 0.471. The first-order valence-electron chi connectivity index (χ1n) is 8.29. The van der Waals surface area contributed by atoms with Crippen molar-refractivity contribution in [1.82, 2.24) is 25.4 Å². The number of rotatable bonds is 9. The highest BCUT2D eigenvalue weighted by molar-refractivity contribution is 14.0. The van der Waals surface area contributed by atoms with Crippen LogP contribution in [0.25, 0.3) is 0 Å². The van der Waals surface area contributed by atoms with Crippen LogP contribution >= 0.6 is 24.0 Å². The Kier molecular flexibility index (Phi) is 10.6. The summed E-state index contributed by atoms with van der Waals surface area (Å²) in [6.45, 7) is 5.34. The van der Waals surface area contributed by atoms with Crippen molar-refractivity contribution in [2.45, 2.75) is 32.9 Å². The average Bonchev–Trinajstić information content (AvgIpc) is 3.13. The molecule has 2 rings (SSSR count). The topological polar surface area (TPSA) is 76.4 Å². The molecule has 1 aromatic carbocycles. The van der Waals surface area contributed by atoms with Crippen LogP contribution in [0, 0.1) is 0 Å². The Bertz CT molecular complexity index is 617. The number of guanidine groups is 1. The fourth-order valence-electron chi connectivity index (χ4n) is 2.25. The van der Waals surface area contributed by atoms with Gasteiger partial charge in [-0.05, 0) is 37.5 Å². The molecule has 0 fully saturated rings. The van der Waals surface area contributed by atoms with Gasteiger partial charge in [0.25, 0.3) is 0 Å². The maximum atomic E-state index is 5.24. The van der Waals surface area contributed by atoms with Crippen molar-refractivity contribution in [1.29, 1.82) is 0 Å². The Balaban J connectivity index is 0.00000312. The molecule has 0 aliphatic carbocycles. The van der Waals surface area contributed by atoms with Gasteiger partial charge in [0.05, 0.1) is 13.7 Å². The quantitative estimate of drug-likeness (QED) is 0.261. The molecule has 0 bridgehead atoms. The molecule has 7 nitrogen and oxygen atoms in total. The second kappa shape index (κ2) is 12.5. The van der Waals surface area contributed by atoms with Gasteiger partial charge < -0.3 is 19.9 Å². The lowest BCUT2D eigenvalue weighted by atomic mass is 10.2. The summed E-state index contributed by atoms with van der Waals surface area (Å²) >= 11 is 0. The van der Waals surface area contributed by atoms with Gasteiger partial charge in [0, 0.05) is 19.6 Å². The van der Waals surface area contributed by atoms with Gasteiger partial charge in [0.15, 0.2) is 5.96 Å². The minimum atomic E-state index is 0. The second-order valence-corrected chi connectivity index (χ2v) is 5.38. The highest BCUT2D eigenvalue weighted by Gasteiger charge is 1.99. The SMILES string of the molecule is CCNC(=NCc1cccc(OC)c1)NCCCCn1cnnc1.I. The molecule has 0 amide bonds. The number of hydrogen-bond acceptors (Lipinski definition) is 4. The number of halogens is 1. The standard InChI is InChI=1S/C17H26N6O.HI/c1-3-18-17(19-9-4-5-10-23-13-21-22-14-23)20-12-15-7-6-8-16(11-15)24-2;/h6-8,11,13-14H,3-5,9-10,12H2,1-2H3,(H2,18,19,20);1H. The van der Waals surface area contributed by atoms with E-state index in [1.54, 1.807) is 19.8 Å². The average molecular weight is 458 g/mol. The van der Waals surface area contributed by atoms with Crippen molar-refractivity contribution in [2.24, 2.45) is 4.99 Å². The molecule has 138 valence electrons. The Morgan fingerprint density at radius 1 is 1.20 bits per heavy atom. The van der Waals surface area contributed by atoms with Gasteiger partial charge in [-0.1, -0.05) is 12.1 Å². The Labute approximate surface area is 166 Å². The van der Waals surface area contributed by atoms with E-state index in [1.165, 1.54) is 0 Å². The van der Waals surface area contributed by atoms with Crippen molar-refractivity contribution in [3.05, 3.63) is 42.5 Å². The predicted molar refractivity (Wildman–Crippen MR) is 110 cm³/mol. The highest BCUT2D eigenvalue weighted by atomic mass is 127. The van der Waals surface area contributed by atoms with Gasteiger partial charge in [0.2, 0.25) is 0 Å². The number of hydrogen-bond donors (Lipinski definition) is 2. The van der Waals surface area contributed by atoms with Crippen LogP contribution in [0.1, 0.15) is 25.3 Å². The van der Waals surface area contributed by atoms with Crippen LogP contribution in [0.3, 0.4) is 0 Å². The number of nitrogens with one attached hydrogen (secondary N) is 2. The summed E-state index contributed by atoms with van der Waals surface area (Å²) in [6.07, 6.45) is 5.61. The van der Waals surface area contributed by atoms with Crippen molar-refractivity contribution in [3.8, 4) is 5.75 Å². The van der Waals surface area contributed by atoms with Crippen molar-refractivity contribution >= 4 is 29.9 Å². The molecule has 0 saturated heterocycles. The Hall–Kier alpha value is -1.84. The van der Waals surface area contributed by atoms with Crippen LogP contribution in [0.5, 0.6) is 5.75 Å². The number of ether oxygens (including phenoxy) is 1. The molecule has 0 atom stereocenters. The Morgan fingerprint density at radius 2 is 2.00 bits per heavy atom. The molecule has 25 heavy (non-hydrogen) atoms. The minimum Gasteiger partial charge on any atom is -0.497 e. The van der Waals surface area contributed by atoms with E-state index >= 15 is 0 Å². The van der Waals surface area contributed by atoms with Crippen LogP contribution < -0.4 is 15.4 Å². The number of aromatic nitrogens is 3. The summed E-state index contributed by atoms with van der Waals surface area (Å²) in [7, 11) is 1.67. The predicted octanol–water partition coefficient (Wildman–Crippen LogP) is 2.44. The number of benzene rings is 1. The van der Waals surface area contributed by atoms with Crippen molar-refractivity contribution < 1.29 is 4.74 Å². The maximum Gasteiger partial charge on any atom is 0.191 e. The summed E-state index contributed by atoms with van der Waals surface area (Å²) < 4.78 is 7.23. The number of unbranched alkanes of at least 4 members (excludes halogenated alkanes) is 1. The molecule has 0 unspecified atom stereocenters. The summed E-state index contributed by atoms with van der Waals surface area (Å²) in [5.41, 5.74) is 1.12. The van der Waals surface area contributed by atoms with Gasteiger partial charge in [-0.2, -0.15) is 0 Å². The molecule has 2 aromatic rings. The largest absolute Gasteiger partial charge is 0.497 e. The molecule has 0 radical (unpaired) electrons. The van der Waals surface area contributed by atoms with Crippen LogP contribution in [0.15, 0.2) is 41.9 Å². The molecule has 0 aliphatic rings. The third-order valence-electron chi connectivity index (χ3n) is 3.50. The van der Waals surface area contributed by atoms with Gasteiger partial charge in [-0.25, -0.2) is 4.99 Å². The first-order chi connectivity index (χ1) is 11.8. The first kappa shape index (κ1) is 21.2. The molecule has 8 heteroatoms. The summed E-state index contributed by atoms with van der Waals surface area (Å²) in [5, 5.41) is 14.2. The van der Waals surface area contributed by atoms with Crippen LogP contribution in [0.4, 0.5) is 0 Å². The smallest absolute Gasteiger partial charge is 0.191 e. The van der Waals surface area contributed by atoms with Gasteiger partial charge in [-0.3, -0.25) is 0 Å². The summed E-state index contributed by atoms with van der Waals surface area (Å²) in [4.78, 5) is 4.62. The number of aryl methyl sites for hydroxylation is 1. The van der Waals surface area contributed by atoms with Crippen LogP contribution in [-0.4, -0.2) is 40.9 Å². The van der Waals surface area contributed by atoms with E-state index in [0.717, 1.165) is 49.7 Å².